The predicted molar refractivity (Wildman–Crippen MR) is 242 cm³/mol. The van der Waals surface area contributed by atoms with Crippen LogP contribution in [0.4, 0.5) is 39.8 Å². The van der Waals surface area contributed by atoms with Crippen LogP contribution in [0.2, 0.25) is 0 Å². The van der Waals surface area contributed by atoms with Crippen molar-refractivity contribution >= 4 is 39.8 Å². The number of rotatable bonds is 13. The summed E-state index contributed by atoms with van der Waals surface area (Å²) < 4.78 is 0. The number of aryl methyl sites for hydroxylation is 1. The number of allylic oxidation sites excluding steroid dienone is 4. The summed E-state index contributed by atoms with van der Waals surface area (Å²) in [4.78, 5) is 6.74. The van der Waals surface area contributed by atoms with E-state index < -0.39 is 0 Å². The van der Waals surface area contributed by atoms with E-state index in [-0.39, 0.29) is 0 Å². The van der Waals surface area contributed by atoms with Gasteiger partial charge in [0, 0.05) is 51.2 Å². The molecule has 7 aromatic carbocycles. The van der Waals surface area contributed by atoms with Crippen LogP contribution in [0.3, 0.4) is 0 Å². The normalized spacial score (nSPS) is 11.3. The number of anilines is 7. The van der Waals surface area contributed by atoms with Gasteiger partial charge in [0.1, 0.15) is 0 Å². The Kier molecular flexibility index (Phi) is 11.5. The van der Waals surface area contributed by atoms with Crippen LogP contribution in [0.5, 0.6) is 0 Å². The van der Waals surface area contributed by atoms with Crippen LogP contribution in [-0.4, -0.2) is 0 Å². The van der Waals surface area contributed by atoms with Crippen molar-refractivity contribution in [1.29, 1.82) is 0 Å². The summed E-state index contributed by atoms with van der Waals surface area (Å²) in [5.74, 6) is 0. The molecule has 0 amide bonds. The first-order chi connectivity index (χ1) is 27.5. The molecule has 56 heavy (non-hydrogen) atoms. The largest absolute Gasteiger partial charge is 0.311 e. The number of hydrogen-bond donors (Lipinski definition) is 0. The summed E-state index contributed by atoms with van der Waals surface area (Å²) in [5.41, 5.74) is 15.4. The summed E-state index contributed by atoms with van der Waals surface area (Å²) in [7, 11) is 0. The van der Waals surface area contributed by atoms with E-state index in [1.165, 1.54) is 11.1 Å². The van der Waals surface area contributed by atoms with Gasteiger partial charge in [0.15, 0.2) is 0 Å². The van der Waals surface area contributed by atoms with Crippen molar-refractivity contribution < 1.29 is 0 Å². The third-order valence-corrected chi connectivity index (χ3v) is 9.93. The second-order valence-electron chi connectivity index (χ2n) is 13.6. The lowest BCUT2D eigenvalue weighted by Gasteiger charge is -2.28. The highest BCUT2D eigenvalue weighted by atomic mass is 15.2. The smallest absolute Gasteiger partial charge is 0.0491 e. The van der Waals surface area contributed by atoms with Gasteiger partial charge in [-0.05, 0) is 146 Å². The molecule has 7 rings (SSSR count). The van der Waals surface area contributed by atoms with Crippen LogP contribution in [0, 0.1) is 6.92 Å². The van der Waals surface area contributed by atoms with Gasteiger partial charge in [-0.2, -0.15) is 0 Å². The van der Waals surface area contributed by atoms with E-state index in [0.717, 1.165) is 67.9 Å². The molecular weight excluding hydrogens is 679 g/mol. The van der Waals surface area contributed by atoms with Crippen LogP contribution in [0.1, 0.15) is 19.4 Å². The molecule has 0 bridgehead atoms. The standard InChI is InChI=1S/C53H47N3/c1-6-18-41(5)54(46(7-2)8-3)50-32-29-44(30-33-50)45-31-38-53(40(4)39-45)56(49-23-16-11-17-24-49)52-36-27-43(28-37-52)42-25-34-51(35-26-42)55(47-19-12-9-13-20-47)48-21-14-10-15-22-48/h6-39H,2,5H2,1,3-4H3/b18-6-,46-8+. The Balaban J connectivity index is 1.16. The maximum absolute atomic E-state index is 4.30. The van der Waals surface area contributed by atoms with Crippen molar-refractivity contribution in [2.45, 2.75) is 20.8 Å². The Morgan fingerprint density at radius 1 is 0.464 bits per heavy atom. The second kappa shape index (κ2) is 17.4. The molecule has 0 radical (unpaired) electrons. The first-order valence-electron chi connectivity index (χ1n) is 19.1. The topological polar surface area (TPSA) is 9.72 Å². The SMILES string of the molecule is C=C/C(=C\C)N(C(=C)/C=C\C)c1ccc(-c2ccc(N(c3ccccc3)c3ccc(-c4ccc(N(c5ccccc5)c5ccccc5)cc4)cc3)c(C)c2)cc1. The minimum absolute atomic E-state index is 0.884. The maximum atomic E-state index is 4.30. The van der Waals surface area contributed by atoms with Gasteiger partial charge in [-0.3, -0.25) is 0 Å². The minimum atomic E-state index is 0.884. The van der Waals surface area contributed by atoms with E-state index in [1.807, 2.05) is 38.2 Å². The molecule has 0 aliphatic heterocycles. The van der Waals surface area contributed by atoms with E-state index in [9.17, 15) is 0 Å². The van der Waals surface area contributed by atoms with Crippen molar-refractivity contribution in [1.82, 2.24) is 0 Å². The van der Waals surface area contributed by atoms with Crippen molar-refractivity contribution in [2.75, 3.05) is 14.7 Å². The Morgan fingerprint density at radius 3 is 1.29 bits per heavy atom. The molecule has 0 aliphatic carbocycles. The molecule has 0 atom stereocenters. The van der Waals surface area contributed by atoms with Crippen LogP contribution in [-0.2, 0) is 0 Å². The van der Waals surface area contributed by atoms with Crippen molar-refractivity contribution in [3.63, 3.8) is 0 Å². The zero-order valence-electron chi connectivity index (χ0n) is 32.4. The molecule has 0 aliphatic rings. The first kappa shape index (κ1) is 37.2. The summed E-state index contributed by atoms with van der Waals surface area (Å²) in [6.45, 7) is 14.5. The number of benzene rings is 7. The predicted octanol–water partition coefficient (Wildman–Crippen LogP) is 15.3. The fraction of sp³-hybridized carbons (Fsp3) is 0.0566. The van der Waals surface area contributed by atoms with E-state index in [0.29, 0.717) is 0 Å². The molecule has 3 nitrogen and oxygen atoms in total. The molecule has 0 unspecified atom stereocenters. The summed E-state index contributed by atoms with van der Waals surface area (Å²) in [5, 5.41) is 0. The molecule has 0 saturated carbocycles. The Bertz CT molecular complexity index is 2410. The van der Waals surface area contributed by atoms with E-state index in [4.69, 9.17) is 0 Å². The number of nitrogens with zero attached hydrogens (tertiary/aromatic N) is 3. The molecule has 0 aromatic heterocycles. The molecule has 7 aromatic rings. The Hall–Kier alpha value is -7.10. The zero-order valence-corrected chi connectivity index (χ0v) is 32.4. The quantitative estimate of drug-likeness (QED) is 0.110. The molecular formula is C53H47N3. The van der Waals surface area contributed by atoms with E-state index in [2.05, 4.69) is 217 Å². The van der Waals surface area contributed by atoms with Crippen LogP contribution in [0.15, 0.2) is 231 Å². The van der Waals surface area contributed by atoms with Gasteiger partial charge >= 0.3 is 0 Å². The van der Waals surface area contributed by atoms with Gasteiger partial charge in [-0.25, -0.2) is 0 Å². The third kappa shape index (κ3) is 8.03. The van der Waals surface area contributed by atoms with Gasteiger partial charge in [0.25, 0.3) is 0 Å². The second-order valence-corrected chi connectivity index (χ2v) is 13.6. The highest BCUT2D eigenvalue weighted by Crippen LogP contribution is 2.40. The van der Waals surface area contributed by atoms with E-state index >= 15 is 0 Å². The lowest BCUT2D eigenvalue weighted by atomic mass is 10.00. The minimum Gasteiger partial charge on any atom is -0.311 e. The molecule has 0 heterocycles. The zero-order chi connectivity index (χ0) is 38.9. The van der Waals surface area contributed by atoms with Crippen molar-refractivity contribution in [3.8, 4) is 22.3 Å². The molecule has 0 saturated heterocycles. The average Bonchev–Trinajstić information content (AvgIpc) is 3.25. The highest BCUT2D eigenvalue weighted by Gasteiger charge is 2.17. The van der Waals surface area contributed by atoms with Gasteiger partial charge in [0.2, 0.25) is 0 Å². The fourth-order valence-corrected chi connectivity index (χ4v) is 7.19. The number of hydrogen-bond acceptors (Lipinski definition) is 3. The van der Waals surface area contributed by atoms with Crippen LogP contribution >= 0.6 is 0 Å². The molecule has 0 N–H and O–H groups in total. The van der Waals surface area contributed by atoms with Crippen molar-refractivity contribution in [2.24, 2.45) is 0 Å². The van der Waals surface area contributed by atoms with E-state index in [1.54, 1.807) is 0 Å². The van der Waals surface area contributed by atoms with Crippen LogP contribution in [0.25, 0.3) is 22.3 Å². The lowest BCUT2D eigenvalue weighted by molar-refractivity contribution is 1.14. The Labute approximate surface area is 332 Å². The lowest BCUT2D eigenvalue weighted by Crippen LogP contribution is -2.18. The summed E-state index contributed by atoms with van der Waals surface area (Å²) in [6, 6.07) is 64.7. The molecule has 274 valence electrons. The molecule has 0 fully saturated rings. The van der Waals surface area contributed by atoms with Crippen LogP contribution < -0.4 is 14.7 Å². The monoisotopic (exact) mass is 725 g/mol. The summed E-state index contributed by atoms with van der Waals surface area (Å²) >= 11 is 0. The van der Waals surface area contributed by atoms with Gasteiger partial charge in [0.05, 0.1) is 0 Å². The van der Waals surface area contributed by atoms with Gasteiger partial charge in [-0.15, -0.1) is 0 Å². The average molecular weight is 726 g/mol. The van der Waals surface area contributed by atoms with Crippen molar-refractivity contribution in [3.05, 3.63) is 236 Å². The highest BCUT2D eigenvalue weighted by molar-refractivity contribution is 5.83. The maximum Gasteiger partial charge on any atom is 0.0491 e. The Morgan fingerprint density at radius 2 is 0.857 bits per heavy atom. The summed E-state index contributed by atoms with van der Waals surface area (Å²) in [6.07, 6.45) is 7.93. The van der Waals surface area contributed by atoms with Gasteiger partial charge < -0.3 is 14.7 Å². The number of para-hydroxylation sites is 3. The first-order valence-corrected chi connectivity index (χ1v) is 19.1. The fourth-order valence-electron chi connectivity index (χ4n) is 7.19. The molecule has 0 spiro atoms. The molecule has 3 heteroatoms. The van der Waals surface area contributed by atoms with Gasteiger partial charge in [-0.1, -0.05) is 122 Å². The third-order valence-electron chi connectivity index (χ3n) is 9.93.